The fourth-order valence-corrected chi connectivity index (χ4v) is 4.41. The van der Waals surface area contributed by atoms with E-state index in [0.717, 1.165) is 26.1 Å². The number of ether oxygens (including phenoxy) is 10. The molecule has 0 rings (SSSR count). The first-order chi connectivity index (χ1) is 29.4. The summed E-state index contributed by atoms with van der Waals surface area (Å²) in [7, 11) is 0. The number of hydrogen-bond acceptors (Lipinski definition) is 15. The molecule has 5 N–H and O–H groups in total. The van der Waals surface area contributed by atoms with Crippen molar-refractivity contribution in [1.82, 2.24) is 0 Å². The Morgan fingerprint density at radius 2 is 0.754 bits per heavy atom. The highest BCUT2D eigenvalue weighted by molar-refractivity contribution is 4.65. The van der Waals surface area contributed by atoms with Crippen LogP contribution in [-0.2, 0) is 47.4 Å². The predicted octanol–water partition coefficient (Wildman–Crippen LogP) is 7.94. The lowest BCUT2D eigenvalue weighted by atomic mass is 10.2. The van der Waals surface area contributed by atoms with Crippen LogP contribution in [0.5, 0.6) is 0 Å². The molecule has 0 aliphatic carbocycles. The Morgan fingerprint density at radius 1 is 0.354 bits per heavy atom. The molecule has 0 aromatic carbocycles. The summed E-state index contributed by atoms with van der Waals surface area (Å²) in [5.41, 5.74) is -0.563. The molecule has 0 radical (unpaired) electrons. The first kappa shape index (κ1) is 73.4. The van der Waals surface area contributed by atoms with E-state index in [-0.39, 0.29) is 84.4 Å². The average molecular weight is 951 g/mol. The maximum absolute atomic E-state index is 8.96. The first-order valence-corrected chi connectivity index (χ1v) is 23.9. The van der Waals surface area contributed by atoms with Gasteiger partial charge in [0.2, 0.25) is 0 Å². The third-order valence-electron chi connectivity index (χ3n) is 6.95. The Morgan fingerprint density at radius 3 is 1.14 bits per heavy atom. The van der Waals surface area contributed by atoms with Gasteiger partial charge < -0.3 is 72.9 Å². The lowest BCUT2D eigenvalue weighted by Crippen LogP contribution is -2.30. The van der Waals surface area contributed by atoms with E-state index in [1.165, 1.54) is 0 Å². The molecule has 0 heterocycles. The van der Waals surface area contributed by atoms with Crippen LogP contribution in [0, 0.1) is 0 Å². The molecule has 8 unspecified atom stereocenters. The van der Waals surface area contributed by atoms with E-state index >= 15 is 0 Å². The number of aliphatic hydroxyl groups excluding tert-OH is 5. The molecule has 15 nitrogen and oxygen atoms in total. The van der Waals surface area contributed by atoms with Crippen molar-refractivity contribution in [2.75, 3.05) is 79.3 Å². The molecule has 0 aliphatic heterocycles. The van der Waals surface area contributed by atoms with Gasteiger partial charge in [0.25, 0.3) is 0 Å². The van der Waals surface area contributed by atoms with Gasteiger partial charge in [0, 0.05) is 26.4 Å². The summed E-state index contributed by atoms with van der Waals surface area (Å²) in [5.74, 6) is 0. The molecule has 0 fully saturated rings. The smallest absolute Gasteiger partial charge is 0.0787 e. The van der Waals surface area contributed by atoms with Gasteiger partial charge >= 0.3 is 0 Å². The normalized spacial score (nSPS) is 16.1. The molecular weight excluding hydrogens is 841 g/mol. The average Bonchev–Trinajstić information content (AvgIpc) is 3.12. The van der Waals surface area contributed by atoms with E-state index in [4.69, 9.17) is 72.9 Å². The van der Waals surface area contributed by atoms with Crippen LogP contribution in [0.4, 0.5) is 0 Å². The van der Waals surface area contributed by atoms with Crippen LogP contribution in [0.3, 0.4) is 0 Å². The summed E-state index contributed by atoms with van der Waals surface area (Å²) in [6.07, 6.45) is 0.814. The molecular formula is C50H110O15. The number of rotatable bonds is 27. The zero-order valence-electron chi connectivity index (χ0n) is 46.3. The van der Waals surface area contributed by atoms with Crippen molar-refractivity contribution in [3.05, 3.63) is 0 Å². The summed E-state index contributed by atoms with van der Waals surface area (Å²) < 4.78 is 54.3. The van der Waals surface area contributed by atoms with E-state index in [9.17, 15) is 0 Å². The molecule has 0 spiro atoms. The van der Waals surface area contributed by atoms with E-state index in [2.05, 4.69) is 0 Å². The second-order valence-corrected chi connectivity index (χ2v) is 21.6. The van der Waals surface area contributed by atoms with Gasteiger partial charge in [-0.05, 0) is 172 Å². The van der Waals surface area contributed by atoms with E-state index in [1.807, 2.05) is 145 Å². The first-order valence-electron chi connectivity index (χ1n) is 23.9. The number of aliphatic hydroxyl groups is 5. The van der Waals surface area contributed by atoms with Crippen molar-refractivity contribution in [2.45, 2.75) is 249 Å². The van der Waals surface area contributed by atoms with Gasteiger partial charge in [0.15, 0.2) is 0 Å². The molecule has 0 saturated carbocycles. The Hall–Kier alpha value is -0.600. The van der Waals surface area contributed by atoms with Crippen LogP contribution in [0.25, 0.3) is 0 Å². The van der Waals surface area contributed by atoms with Crippen molar-refractivity contribution >= 4 is 0 Å². The summed E-state index contributed by atoms with van der Waals surface area (Å²) in [6, 6.07) is 0. The monoisotopic (exact) mass is 951 g/mol. The van der Waals surface area contributed by atoms with Crippen LogP contribution < -0.4 is 0 Å². The van der Waals surface area contributed by atoms with Crippen LogP contribution in [0.15, 0.2) is 0 Å². The van der Waals surface area contributed by atoms with Crippen molar-refractivity contribution in [1.29, 1.82) is 0 Å². The van der Waals surface area contributed by atoms with Crippen molar-refractivity contribution in [2.24, 2.45) is 0 Å². The Kier molecular flexibility index (Phi) is 46.5. The van der Waals surface area contributed by atoms with Gasteiger partial charge in [0.1, 0.15) is 0 Å². The van der Waals surface area contributed by atoms with Crippen molar-refractivity contribution in [3.63, 3.8) is 0 Å². The maximum atomic E-state index is 8.96. The van der Waals surface area contributed by atoms with Gasteiger partial charge in [-0.3, -0.25) is 0 Å². The van der Waals surface area contributed by atoms with Crippen molar-refractivity contribution in [3.8, 4) is 0 Å². The van der Waals surface area contributed by atoms with Crippen molar-refractivity contribution < 1.29 is 72.9 Å². The summed E-state index contributed by atoms with van der Waals surface area (Å²) >= 11 is 0. The van der Waals surface area contributed by atoms with Crippen LogP contribution in [-0.4, -0.2) is 182 Å². The zero-order valence-corrected chi connectivity index (χ0v) is 46.3. The topological polar surface area (TPSA) is 193 Å². The molecule has 8 atom stereocenters. The van der Waals surface area contributed by atoms with E-state index in [0.29, 0.717) is 46.2 Å². The van der Waals surface area contributed by atoms with Crippen LogP contribution in [0.2, 0.25) is 0 Å². The number of hydrogen-bond donors (Lipinski definition) is 5. The minimum atomic E-state index is -0.405. The van der Waals surface area contributed by atoms with Crippen LogP contribution in [0.1, 0.15) is 172 Å². The quantitative estimate of drug-likeness (QED) is 0.0498. The fourth-order valence-electron chi connectivity index (χ4n) is 4.41. The summed E-state index contributed by atoms with van der Waals surface area (Å²) in [5, 5.41) is 43.8. The molecule has 0 bridgehead atoms. The van der Waals surface area contributed by atoms with E-state index in [1.54, 1.807) is 13.8 Å². The largest absolute Gasteiger partial charge is 0.396 e. The van der Waals surface area contributed by atoms with Gasteiger partial charge in [-0.2, -0.15) is 0 Å². The molecule has 15 heteroatoms. The van der Waals surface area contributed by atoms with E-state index < -0.39 is 12.2 Å². The third kappa shape index (κ3) is 77.9. The zero-order chi connectivity index (χ0) is 52.1. The lowest BCUT2D eigenvalue weighted by molar-refractivity contribution is -0.0997. The van der Waals surface area contributed by atoms with Gasteiger partial charge in [-0.25, -0.2) is 0 Å². The lowest BCUT2D eigenvalue weighted by Gasteiger charge is -2.25. The Bertz CT molecular complexity index is 980. The van der Waals surface area contributed by atoms with Crippen LogP contribution >= 0.6 is 0 Å². The van der Waals surface area contributed by atoms with Gasteiger partial charge in [0.05, 0.1) is 130 Å². The molecule has 65 heavy (non-hydrogen) atoms. The standard InChI is InChI=1S/5C10H22O3/c1-8(11)6-12-9(2)7-13-10(3,4)5;1-8(11)6-12-7-9(2)13-10(3,4)5;1-8(6-11)13-9(2)7-12-10(3,4)5;1-8(6-11)12-7-9(2)13-10(3,4)5;1-10(2,3)13-9-5-8-12-7-4-6-11/h4*8-9,11H,6-7H2,1-5H3;11H,4-9H2,1-3H3. The Balaban J connectivity index is -0.000000231. The molecule has 0 aliphatic rings. The second kappa shape index (κ2) is 41.2. The SMILES string of the molecule is CC(C)(C)OCCCOCCCO.CC(CO)OC(C)COC(C)(C)C.CC(CO)OCC(C)OC(C)(C)C.CC(O)COC(C)COC(C)(C)C.CC(O)COCC(C)OC(C)(C)C. The minimum Gasteiger partial charge on any atom is -0.396 e. The van der Waals surface area contributed by atoms with Gasteiger partial charge in [-0.15, -0.1) is 0 Å². The summed E-state index contributed by atoms with van der Waals surface area (Å²) in [6.45, 7) is 50.5. The fraction of sp³-hybridized carbons (Fsp3) is 1.00. The molecule has 400 valence electrons. The van der Waals surface area contributed by atoms with Gasteiger partial charge in [-0.1, -0.05) is 0 Å². The highest BCUT2D eigenvalue weighted by atomic mass is 16.6. The second-order valence-electron chi connectivity index (χ2n) is 21.6. The minimum absolute atomic E-state index is 0.0291. The Labute approximate surface area is 400 Å². The molecule has 0 amide bonds. The predicted molar refractivity (Wildman–Crippen MR) is 264 cm³/mol. The molecule has 0 aromatic rings. The molecule has 0 saturated heterocycles. The highest BCUT2D eigenvalue weighted by Crippen LogP contribution is 2.13. The highest BCUT2D eigenvalue weighted by Gasteiger charge is 2.18. The third-order valence-corrected chi connectivity index (χ3v) is 6.95. The maximum Gasteiger partial charge on any atom is 0.0787 e. The summed E-state index contributed by atoms with van der Waals surface area (Å²) in [4.78, 5) is 0. The molecule has 0 aromatic heterocycles.